The average Bonchev–Trinajstić information content (AvgIpc) is 2.92. The van der Waals surface area contributed by atoms with Gasteiger partial charge < -0.3 is 19.9 Å². The van der Waals surface area contributed by atoms with Gasteiger partial charge in [-0.25, -0.2) is 0 Å². The Hall–Kier alpha value is -3.02. The molecule has 2 heterocycles. The summed E-state index contributed by atoms with van der Waals surface area (Å²) in [5, 5.41) is 3.35. The van der Waals surface area contributed by atoms with Crippen molar-refractivity contribution in [2.24, 2.45) is 0 Å². The summed E-state index contributed by atoms with van der Waals surface area (Å²) >= 11 is 1.06. The minimum absolute atomic E-state index is 0.0398. The van der Waals surface area contributed by atoms with Crippen LogP contribution < -0.4 is 5.32 Å². The predicted molar refractivity (Wildman–Crippen MR) is 146 cm³/mol. The van der Waals surface area contributed by atoms with Gasteiger partial charge in [0.2, 0.25) is 11.8 Å². The van der Waals surface area contributed by atoms with E-state index in [0.29, 0.717) is 36.6 Å². The van der Waals surface area contributed by atoms with Gasteiger partial charge in [-0.05, 0) is 42.0 Å². The van der Waals surface area contributed by atoms with Gasteiger partial charge in [-0.3, -0.25) is 14.5 Å². The Kier molecular flexibility index (Phi) is 9.93. The van der Waals surface area contributed by atoms with E-state index in [-0.39, 0.29) is 16.7 Å². The summed E-state index contributed by atoms with van der Waals surface area (Å²) < 4.78 is 47.3. The van der Waals surface area contributed by atoms with E-state index in [1.54, 1.807) is 21.9 Å². The van der Waals surface area contributed by atoms with Crippen LogP contribution in [0.4, 0.5) is 18.9 Å². The number of ether oxygens (including phenoxy) is 1. The molecule has 4 rings (SSSR count). The van der Waals surface area contributed by atoms with Gasteiger partial charge in [-0.2, -0.15) is 13.2 Å². The van der Waals surface area contributed by atoms with Crippen molar-refractivity contribution in [1.29, 1.82) is 0 Å². The van der Waals surface area contributed by atoms with E-state index in [9.17, 15) is 22.8 Å². The number of benzene rings is 2. The molecule has 2 aliphatic rings. The van der Waals surface area contributed by atoms with Crippen molar-refractivity contribution in [1.82, 2.24) is 14.7 Å². The summed E-state index contributed by atoms with van der Waals surface area (Å²) in [6.07, 6.45) is -1.85. The summed E-state index contributed by atoms with van der Waals surface area (Å²) in [7, 11) is 0. The number of carbonyl (C=O) groups is 2. The number of nitrogens with one attached hydrogen (secondary N) is 1. The molecular formula is C28H33F3N4O3S. The maximum atomic E-state index is 14.0. The first-order chi connectivity index (χ1) is 18.7. The second kappa shape index (κ2) is 13.4. The first-order valence-electron chi connectivity index (χ1n) is 12.9. The smallest absolute Gasteiger partial charge is 0.384 e. The van der Waals surface area contributed by atoms with E-state index in [1.807, 2.05) is 18.2 Å². The zero-order valence-electron chi connectivity index (χ0n) is 21.9. The molecule has 2 fully saturated rings. The van der Waals surface area contributed by atoms with Gasteiger partial charge in [0.1, 0.15) is 0 Å². The fourth-order valence-corrected chi connectivity index (χ4v) is 5.46. The third kappa shape index (κ3) is 8.48. The molecule has 0 bridgehead atoms. The zero-order valence-corrected chi connectivity index (χ0v) is 22.7. The molecule has 2 amide bonds. The molecule has 0 saturated carbocycles. The fourth-order valence-electron chi connectivity index (χ4n) is 4.46. The van der Waals surface area contributed by atoms with Crippen molar-refractivity contribution in [2.45, 2.75) is 22.9 Å². The summed E-state index contributed by atoms with van der Waals surface area (Å²) in [6, 6.07) is 11.5. The predicted octanol–water partition coefficient (Wildman–Crippen LogP) is 4.30. The number of morpholine rings is 1. The lowest BCUT2D eigenvalue weighted by Crippen LogP contribution is -2.49. The van der Waals surface area contributed by atoms with Crippen LogP contribution >= 0.6 is 11.8 Å². The number of halogens is 3. The summed E-state index contributed by atoms with van der Waals surface area (Å²) in [5.74, 6) is -0.329. The molecule has 0 atom stereocenters. The molecule has 1 N–H and O–H groups in total. The molecule has 0 spiro atoms. The molecular weight excluding hydrogens is 529 g/mol. The Morgan fingerprint density at radius 2 is 1.72 bits per heavy atom. The first kappa shape index (κ1) is 29.0. The molecule has 210 valence electrons. The molecule has 0 unspecified atom stereocenters. The molecule has 0 aromatic heterocycles. The van der Waals surface area contributed by atoms with E-state index in [1.165, 1.54) is 25.1 Å². The highest BCUT2D eigenvalue weighted by Gasteiger charge is 2.34. The van der Waals surface area contributed by atoms with Gasteiger partial charge >= 0.3 is 6.18 Å². The van der Waals surface area contributed by atoms with Gasteiger partial charge in [0.25, 0.3) is 0 Å². The number of hydrogen-bond acceptors (Lipinski definition) is 6. The Balaban J connectivity index is 1.39. The van der Waals surface area contributed by atoms with Crippen LogP contribution in [0.3, 0.4) is 0 Å². The van der Waals surface area contributed by atoms with E-state index in [4.69, 9.17) is 4.74 Å². The number of alkyl halides is 3. The highest BCUT2D eigenvalue weighted by atomic mass is 32.2. The molecule has 0 aliphatic carbocycles. The monoisotopic (exact) mass is 562 g/mol. The Bertz CT molecular complexity index is 1180. The maximum Gasteiger partial charge on any atom is 0.417 e. The topological polar surface area (TPSA) is 65.1 Å². The molecule has 2 saturated heterocycles. The standard InChI is InChI=1S/C28H33F3N4O3S/c1-21(36)34-11-13-35(14-12-34)27(37)8-6-22-5-7-26(25(19-22)28(29,30)31)39-24-4-2-3-23(20-24)32-9-10-33-15-17-38-18-16-33/h2-8,19-20,32H,9-18H2,1H3/b8-6+. The van der Waals surface area contributed by atoms with E-state index in [2.05, 4.69) is 10.2 Å². The summed E-state index contributed by atoms with van der Waals surface area (Å²) in [5.41, 5.74) is 0.396. The van der Waals surface area contributed by atoms with Crippen LogP contribution in [0.5, 0.6) is 0 Å². The molecule has 0 radical (unpaired) electrons. The van der Waals surface area contributed by atoms with Gasteiger partial charge in [-0.15, -0.1) is 0 Å². The lowest BCUT2D eigenvalue weighted by atomic mass is 10.1. The van der Waals surface area contributed by atoms with Crippen molar-refractivity contribution < 1.29 is 27.5 Å². The van der Waals surface area contributed by atoms with Crippen molar-refractivity contribution in [3.8, 4) is 0 Å². The Morgan fingerprint density at radius 1 is 1.00 bits per heavy atom. The lowest BCUT2D eigenvalue weighted by molar-refractivity contribution is -0.139. The number of amides is 2. The van der Waals surface area contributed by atoms with E-state index >= 15 is 0 Å². The molecule has 2 aromatic carbocycles. The second-order valence-electron chi connectivity index (χ2n) is 9.43. The first-order valence-corrected chi connectivity index (χ1v) is 13.8. The maximum absolute atomic E-state index is 14.0. The Morgan fingerprint density at radius 3 is 2.41 bits per heavy atom. The minimum Gasteiger partial charge on any atom is -0.384 e. The van der Waals surface area contributed by atoms with Crippen molar-refractivity contribution in [2.75, 3.05) is 70.9 Å². The van der Waals surface area contributed by atoms with Gasteiger partial charge in [0, 0.05) is 80.8 Å². The van der Waals surface area contributed by atoms with Crippen LogP contribution in [0.15, 0.2) is 58.3 Å². The number of nitrogens with zero attached hydrogens (tertiary/aromatic N) is 3. The van der Waals surface area contributed by atoms with Crippen LogP contribution in [0, 0.1) is 0 Å². The minimum atomic E-state index is -4.55. The number of rotatable bonds is 8. The number of hydrogen-bond donors (Lipinski definition) is 1. The second-order valence-corrected chi connectivity index (χ2v) is 10.5. The third-order valence-electron chi connectivity index (χ3n) is 6.69. The van der Waals surface area contributed by atoms with Gasteiger partial charge in [0.15, 0.2) is 0 Å². The van der Waals surface area contributed by atoms with E-state index in [0.717, 1.165) is 62.9 Å². The zero-order chi connectivity index (χ0) is 27.8. The average molecular weight is 563 g/mol. The van der Waals surface area contributed by atoms with Crippen LogP contribution in [0.2, 0.25) is 0 Å². The van der Waals surface area contributed by atoms with Crippen LogP contribution in [-0.2, 0) is 20.5 Å². The Labute approximate surface area is 231 Å². The normalized spacial score (nSPS) is 17.0. The molecule has 39 heavy (non-hydrogen) atoms. The number of carbonyl (C=O) groups excluding carboxylic acids is 2. The quantitative estimate of drug-likeness (QED) is 0.484. The lowest BCUT2D eigenvalue weighted by Gasteiger charge is -2.33. The van der Waals surface area contributed by atoms with Gasteiger partial charge in [-0.1, -0.05) is 23.9 Å². The molecule has 11 heteroatoms. The fraction of sp³-hybridized carbons (Fsp3) is 0.429. The third-order valence-corrected chi connectivity index (χ3v) is 7.75. The van der Waals surface area contributed by atoms with Crippen molar-refractivity contribution in [3.63, 3.8) is 0 Å². The summed E-state index contributed by atoms with van der Waals surface area (Å²) in [6.45, 7) is 8.03. The number of piperazine rings is 1. The SMILES string of the molecule is CC(=O)N1CCN(C(=O)/C=C/c2ccc(Sc3cccc(NCCN4CCOCC4)c3)c(C(F)(F)F)c2)CC1. The molecule has 7 nitrogen and oxygen atoms in total. The summed E-state index contributed by atoms with van der Waals surface area (Å²) in [4.78, 5) is 30.3. The van der Waals surface area contributed by atoms with Crippen molar-refractivity contribution in [3.05, 3.63) is 59.7 Å². The number of anilines is 1. The van der Waals surface area contributed by atoms with Crippen LogP contribution in [0.25, 0.3) is 6.08 Å². The molecule has 2 aliphatic heterocycles. The highest BCUT2D eigenvalue weighted by molar-refractivity contribution is 7.99. The van der Waals surface area contributed by atoms with Crippen LogP contribution in [-0.4, -0.2) is 92.1 Å². The van der Waals surface area contributed by atoms with Gasteiger partial charge in [0.05, 0.1) is 18.8 Å². The van der Waals surface area contributed by atoms with Crippen LogP contribution in [0.1, 0.15) is 18.1 Å². The largest absolute Gasteiger partial charge is 0.417 e. The molecule has 2 aromatic rings. The van der Waals surface area contributed by atoms with Crippen molar-refractivity contribution >= 4 is 35.3 Å². The highest BCUT2D eigenvalue weighted by Crippen LogP contribution is 2.40. The van der Waals surface area contributed by atoms with E-state index < -0.39 is 11.7 Å².